The smallest absolute Gasteiger partial charge is 0.338 e. The van der Waals surface area contributed by atoms with Gasteiger partial charge in [0.05, 0.1) is 12.7 Å². The van der Waals surface area contributed by atoms with Crippen molar-refractivity contribution in [1.29, 1.82) is 0 Å². The predicted molar refractivity (Wildman–Crippen MR) is 77.9 cm³/mol. The first-order chi connectivity index (χ1) is 10.4. The normalized spacial score (nSPS) is 11.6. The monoisotopic (exact) mass is 308 g/mol. The number of hydrogen-bond acceptors (Lipinski definition) is 6. The van der Waals surface area contributed by atoms with E-state index >= 15 is 0 Å². The van der Waals surface area contributed by atoms with Crippen LogP contribution in [0.2, 0.25) is 0 Å². The summed E-state index contributed by atoms with van der Waals surface area (Å²) in [6.07, 6.45) is 3.34. The van der Waals surface area contributed by atoms with E-state index in [0.29, 0.717) is 12.0 Å². The molecule has 1 heterocycles. The third kappa shape index (κ3) is 5.90. The molecule has 0 aliphatic rings. The Bertz CT molecular complexity index is 516. The van der Waals surface area contributed by atoms with Crippen LogP contribution in [0.4, 0.5) is 0 Å². The van der Waals surface area contributed by atoms with Gasteiger partial charge in [-0.3, -0.25) is 9.78 Å². The minimum absolute atomic E-state index is 0.198. The lowest BCUT2D eigenvalue weighted by Gasteiger charge is -2.18. The average Bonchev–Trinajstić information content (AvgIpc) is 2.51. The van der Waals surface area contributed by atoms with Crippen LogP contribution in [0.15, 0.2) is 24.5 Å². The van der Waals surface area contributed by atoms with Crippen molar-refractivity contribution >= 4 is 17.8 Å². The highest BCUT2D eigenvalue weighted by atomic mass is 16.5. The summed E-state index contributed by atoms with van der Waals surface area (Å²) in [5.74, 6) is -1.51. The van der Waals surface area contributed by atoms with Gasteiger partial charge in [0.2, 0.25) is 0 Å². The second kappa shape index (κ2) is 8.76. The van der Waals surface area contributed by atoms with Crippen molar-refractivity contribution < 1.29 is 23.9 Å². The van der Waals surface area contributed by atoms with Gasteiger partial charge in [0.25, 0.3) is 5.91 Å². The van der Waals surface area contributed by atoms with Gasteiger partial charge in [-0.15, -0.1) is 0 Å². The number of nitrogens with one attached hydrogen (secondary N) is 1. The van der Waals surface area contributed by atoms with Crippen LogP contribution in [0.25, 0.3) is 0 Å². The standard InChI is InChI=1S/C15H20N2O5/c1-10(2)8-12(15(20)21-3)17-13(18)9-22-14(19)11-4-6-16-7-5-11/h4-7,10,12H,8-9H2,1-3H3,(H,17,18)/t12-/m1/s1. The first-order valence-electron chi connectivity index (χ1n) is 6.88. The van der Waals surface area contributed by atoms with Gasteiger partial charge in [-0.05, 0) is 24.5 Å². The van der Waals surface area contributed by atoms with E-state index in [1.807, 2.05) is 13.8 Å². The topological polar surface area (TPSA) is 94.6 Å². The molecule has 0 saturated carbocycles. The lowest BCUT2D eigenvalue weighted by molar-refractivity contribution is -0.145. The molecule has 1 aromatic heterocycles. The van der Waals surface area contributed by atoms with Crippen LogP contribution in [-0.2, 0) is 19.1 Å². The molecule has 0 spiro atoms. The van der Waals surface area contributed by atoms with Crippen LogP contribution in [0.5, 0.6) is 0 Å². The van der Waals surface area contributed by atoms with Gasteiger partial charge < -0.3 is 14.8 Å². The highest BCUT2D eigenvalue weighted by Crippen LogP contribution is 2.06. The van der Waals surface area contributed by atoms with Crippen LogP contribution in [0.3, 0.4) is 0 Å². The second-order valence-corrected chi connectivity index (χ2v) is 5.08. The quantitative estimate of drug-likeness (QED) is 0.753. The summed E-state index contributed by atoms with van der Waals surface area (Å²) in [6, 6.07) is 2.21. The fraction of sp³-hybridized carbons (Fsp3) is 0.467. The number of amides is 1. The summed E-state index contributed by atoms with van der Waals surface area (Å²) in [4.78, 5) is 38.8. The minimum Gasteiger partial charge on any atom is -0.467 e. The number of methoxy groups -OCH3 is 1. The van der Waals surface area contributed by atoms with Crippen LogP contribution in [0, 0.1) is 5.92 Å². The number of aromatic nitrogens is 1. The van der Waals surface area contributed by atoms with E-state index in [2.05, 4.69) is 15.0 Å². The zero-order valence-corrected chi connectivity index (χ0v) is 12.9. The van der Waals surface area contributed by atoms with Crippen molar-refractivity contribution in [3.63, 3.8) is 0 Å². The molecule has 0 saturated heterocycles. The lowest BCUT2D eigenvalue weighted by Crippen LogP contribution is -2.44. The SMILES string of the molecule is COC(=O)[C@@H](CC(C)C)NC(=O)COC(=O)c1ccncc1. The van der Waals surface area contributed by atoms with E-state index in [1.54, 1.807) is 0 Å². The molecule has 0 aliphatic heterocycles. The Balaban J connectivity index is 2.50. The molecule has 1 aromatic rings. The molecule has 0 aliphatic carbocycles. The number of esters is 2. The maximum Gasteiger partial charge on any atom is 0.338 e. The molecule has 0 fully saturated rings. The van der Waals surface area contributed by atoms with E-state index in [-0.39, 0.29) is 5.92 Å². The Labute approximate surface area is 129 Å². The van der Waals surface area contributed by atoms with Gasteiger partial charge in [-0.2, -0.15) is 0 Å². The van der Waals surface area contributed by atoms with E-state index in [0.717, 1.165) is 0 Å². The van der Waals surface area contributed by atoms with Crippen molar-refractivity contribution in [3.05, 3.63) is 30.1 Å². The summed E-state index contributed by atoms with van der Waals surface area (Å²) in [7, 11) is 1.26. The third-order valence-electron chi connectivity index (χ3n) is 2.78. The minimum atomic E-state index is -0.753. The van der Waals surface area contributed by atoms with Crippen molar-refractivity contribution in [2.75, 3.05) is 13.7 Å². The molecule has 1 amide bonds. The molecular formula is C15H20N2O5. The molecule has 7 nitrogen and oxygen atoms in total. The molecule has 0 unspecified atom stereocenters. The number of ether oxygens (including phenoxy) is 2. The molecular weight excluding hydrogens is 288 g/mol. The predicted octanol–water partition coefficient (Wildman–Crippen LogP) is 0.942. The fourth-order valence-electron chi connectivity index (χ4n) is 1.77. The maximum absolute atomic E-state index is 11.8. The van der Waals surface area contributed by atoms with Crippen LogP contribution < -0.4 is 5.32 Å². The number of pyridine rings is 1. The van der Waals surface area contributed by atoms with Crippen LogP contribution >= 0.6 is 0 Å². The number of nitrogens with zero attached hydrogens (tertiary/aromatic N) is 1. The molecule has 22 heavy (non-hydrogen) atoms. The Hall–Kier alpha value is -2.44. The number of carbonyl (C=O) groups excluding carboxylic acids is 3. The van der Waals surface area contributed by atoms with E-state index in [9.17, 15) is 14.4 Å². The Morgan fingerprint density at radius 3 is 2.41 bits per heavy atom. The average molecular weight is 308 g/mol. The molecule has 1 rings (SSSR count). The number of rotatable bonds is 7. The van der Waals surface area contributed by atoms with Crippen molar-refractivity contribution in [1.82, 2.24) is 10.3 Å². The summed E-state index contributed by atoms with van der Waals surface area (Å²) in [6.45, 7) is 3.38. The lowest BCUT2D eigenvalue weighted by atomic mass is 10.0. The summed E-state index contributed by atoms with van der Waals surface area (Å²) in [5, 5.41) is 2.50. The van der Waals surface area contributed by atoms with Crippen molar-refractivity contribution in [2.45, 2.75) is 26.3 Å². The number of hydrogen-bond donors (Lipinski definition) is 1. The highest BCUT2D eigenvalue weighted by Gasteiger charge is 2.23. The molecule has 120 valence electrons. The van der Waals surface area contributed by atoms with Crippen molar-refractivity contribution in [3.8, 4) is 0 Å². The van der Waals surface area contributed by atoms with Gasteiger partial charge in [-0.25, -0.2) is 9.59 Å². The highest BCUT2D eigenvalue weighted by molar-refractivity contribution is 5.91. The van der Waals surface area contributed by atoms with Crippen LogP contribution in [-0.4, -0.2) is 42.6 Å². The Morgan fingerprint density at radius 2 is 1.86 bits per heavy atom. The fourth-order valence-corrected chi connectivity index (χ4v) is 1.77. The van der Waals surface area contributed by atoms with Gasteiger partial charge in [-0.1, -0.05) is 13.8 Å². The van der Waals surface area contributed by atoms with E-state index in [1.165, 1.54) is 31.6 Å². The van der Waals surface area contributed by atoms with Gasteiger partial charge in [0.1, 0.15) is 6.04 Å². The zero-order valence-electron chi connectivity index (χ0n) is 12.9. The Kier molecular flexibility index (Phi) is 7.01. The molecule has 1 N–H and O–H groups in total. The van der Waals surface area contributed by atoms with E-state index < -0.39 is 30.5 Å². The van der Waals surface area contributed by atoms with E-state index in [4.69, 9.17) is 4.74 Å². The van der Waals surface area contributed by atoms with Gasteiger partial charge in [0.15, 0.2) is 6.61 Å². The van der Waals surface area contributed by atoms with Gasteiger partial charge >= 0.3 is 11.9 Å². The second-order valence-electron chi connectivity index (χ2n) is 5.08. The molecule has 0 bridgehead atoms. The van der Waals surface area contributed by atoms with Crippen molar-refractivity contribution in [2.24, 2.45) is 5.92 Å². The summed E-state index contributed by atoms with van der Waals surface area (Å²) >= 11 is 0. The summed E-state index contributed by atoms with van der Waals surface area (Å²) < 4.78 is 9.52. The zero-order chi connectivity index (χ0) is 16.5. The molecule has 0 aromatic carbocycles. The third-order valence-corrected chi connectivity index (χ3v) is 2.78. The largest absolute Gasteiger partial charge is 0.467 e. The van der Waals surface area contributed by atoms with Crippen LogP contribution in [0.1, 0.15) is 30.6 Å². The maximum atomic E-state index is 11.8. The molecule has 0 radical (unpaired) electrons. The molecule has 1 atom stereocenters. The Morgan fingerprint density at radius 1 is 1.23 bits per heavy atom. The first kappa shape index (κ1) is 17.6. The molecule has 7 heteroatoms. The summed E-state index contributed by atoms with van der Waals surface area (Å²) in [5.41, 5.74) is 0.300. The number of carbonyl (C=O) groups is 3. The first-order valence-corrected chi connectivity index (χ1v) is 6.88. The van der Waals surface area contributed by atoms with Gasteiger partial charge in [0, 0.05) is 12.4 Å².